The number of carbonyl (C=O) groups is 4. The molecule has 1 aromatic rings. The van der Waals surface area contributed by atoms with Gasteiger partial charge in [0.15, 0.2) is 11.5 Å². The lowest BCUT2D eigenvalue weighted by atomic mass is 9.86. The molecule has 0 heterocycles. The molecule has 178 valence electrons. The quantitative estimate of drug-likeness (QED) is 0.405. The van der Waals surface area contributed by atoms with Crippen molar-refractivity contribution in [3.05, 3.63) is 23.8 Å². The first-order valence-electron chi connectivity index (χ1n) is 10.5. The van der Waals surface area contributed by atoms with Crippen LogP contribution in [0.2, 0.25) is 0 Å². The van der Waals surface area contributed by atoms with Crippen LogP contribution in [-0.4, -0.2) is 40.6 Å². The molecule has 32 heavy (non-hydrogen) atoms. The monoisotopic (exact) mass is 451 g/mol. The zero-order valence-corrected chi connectivity index (χ0v) is 19.5. The molecule has 0 saturated heterocycles. The van der Waals surface area contributed by atoms with Crippen LogP contribution in [0.5, 0.6) is 11.5 Å². The van der Waals surface area contributed by atoms with E-state index in [2.05, 4.69) is 0 Å². The molecule has 0 spiro atoms. The van der Waals surface area contributed by atoms with E-state index in [1.165, 1.54) is 18.2 Å². The zero-order valence-electron chi connectivity index (χ0n) is 19.5. The lowest BCUT2D eigenvalue weighted by molar-refractivity contribution is -0.160. The molecule has 9 nitrogen and oxygen atoms in total. The third-order valence-corrected chi connectivity index (χ3v) is 4.55. The number of carboxylic acids is 1. The number of benzene rings is 1. The minimum Gasteiger partial charge on any atom is -0.480 e. The van der Waals surface area contributed by atoms with Crippen molar-refractivity contribution in [1.82, 2.24) is 0 Å². The van der Waals surface area contributed by atoms with Gasteiger partial charge in [0.2, 0.25) is 0 Å². The molecule has 0 aliphatic heterocycles. The maximum Gasteiger partial charge on any atom is 0.324 e. The van der Waals surface area contributed by atoms with E-state index >= 15 is 0 Å². The summed E-state index contributed by atoms with van der Waals surface area (Å²) in [5.74, 6) is -2.75. The first kappa shape index (κ1) is 27.1. The maximum atomic E-state index is 12.1. The molecule has 0 bridgehead atoms. The van der Waals surface area contributed by atoms with Gasteiger partial charge in [-0.3, -0.25) is 19.2 Å². The van der Waals surface area contributed by atoms with Crippen LogP contribution in [0, 0.1) is 5.41 Å². The minimum absolute atomic E-state index is 0.00361. The van der Waals surface area contributed by atoms with Gasteiger partial charge in [-0.15, -0.1) is 0 Å². The van der Waals surface area contributed by atoms with Gasteiger partial charge >= 0.3 is 23.9 Å². The second-order valence-corrected chi connectivity index (χ2v) is 8.74. The molecule has 9 heteroatoms. The van der Waals surface area contributed by atoms with Crippen molar-refractivity contribution in [2.45, 2.75) is 78.9 Å². The molecule has 0 aliphatic carbocycles. The number of hydrogen-bond acceptors (Lipinski definition) is 8. The number of carbonyl (C=O) groups excluding carboxylic acids is 3. The predicted octanol–water partition coefficient (Wildman–Crippen LogP) is 3.01. The van der Waals surface area contributed by atoms with Gasteiger partial charge in [-0.2, -0.15) is 0 Å². The van der Waals surface area contributed by atoms with Crippen LogP contribution < -0.4 is 15.2 Å². The van der Waals surface area contributed by atoms with E-state index < -0.39 is 40.9 Å². The Morgan fingerprint density at radius 1 is 1.00 bits per heavy atom. The fraction of sp³-hybridized carbons (Fsp3) is 0.565. The Hall–Kier alpha value is -2.94. The summed E-state index contributed by atoms with van der Waals surface area (Å²) in [6.07, 6.45) is -0.805. The summed E-state index contributed by atoms with van der Waals surface area (Å²) >= 11 is 0. The maximum absolute atomic E-state index is 12.1. The van der Waals surface area contributed by atoms with Gasteiger partial charge in [-0.1, -0.05) is 19.9 Å². The normalized spacial score (nSPS) is 14.1. The molecule has 1 unspecified atom stereocenters. The first-order chi connectivity index (χ1) is 14.7. The topological polar surface area (TPSA) is 142 Å². The van der Waals surface area contributed by atoms with Crippen molar-refractivity contribution in [2.24, 2.45) is 11.1 Å². The molecule has 2 atom stereocenters. The molecule has 3 N–H and O–H groups in total. The predicted molar refractivity (Wildman–Crippen MR) is 116 cm³/mol. The van der Waals surface area contributed by atoms with Crippen LogP contribution in [0.4, 0.5) is 0 Å². The van der Waals surface area contributed by atoms with Crippen LogP contribution in [0.3, 0.4) is 0 Å². The standard InChI is InChI=1S/C23H33NO8/c1-7-18(25)31-16-10-9-15(11-17(16)32-19(26)8-2)13-23(24,20(27)28)12-14(3)30-21(29)22(4,5)6/h9-11,14H,7-8,12-13,24H2,1-6H3,(H,27,28)/t14-,23?/m0/s1. The van der Waals surface area contributed by atoms with E-state index in [4.69, 9.17) is 19.9 Å². The molecule has 0 amide bonds. The molecule has 0 fully saturated rings. The van der Waals surface area contributed by atoms with Gasteiger partial charge in [0, 0.05) is 25.7 Å². The first-order valence-corrected chi connectivity index (χ1v) is 10.5. The lowest BCUT2D eigenvalue weighted by Gasteiger charge is -2.29. The van der Waals surface area contributed by atoms with Gasteiger partial charge < -0.3 is 25.1 Å². The van der Waals surface area contributed by atoms with E-state index in [0.717, 1.165) is 0 Å². The van der Waals surface area contributed by atoms with Gasteiger partial charge in [-0.05, 0) is 45.4 Å². The lowest BCUT2D eigenvalue weighted by Crippen LogP contribution is -2.52. The Bertz CT molecular complexity index is 858. The molecule has 0 radical (unpaired) electrons. The number of hydrogen-bond donors (Lipinski definition) is 2. The van der Waals surface area contributed by atoms with E-state index in [1.807, 2.05) is 0 Å². The van der Waals surface area contributed by atoms with Crippen molar-refractivity contribution in [3.63, 3.8) is 0 Å². The van der Waals surface area contributed by atoms with Crippen LogP contribution in [0.15, 0.2) is 18.2 Å². The van der Waals surface area contributed by atoms with Crippen molar-refractivity contribution >= 4 is 23.9 Å². The molecule has 1 aromatic carbocycles. The third-order valence-electron chi connectivity index (χ3n) is 4.55. The Kier molecular flexibility index (Phi) is 9.38. The summed E-state index contributed by atoms with van der Waals surface area (Å²) in [5, 5.41) is 9.77. The number of nitrogens with two attached hydrogens (primary N) is 1. The molecular formula is C23H33NO8. The Morgan fingerprint density at radius 3 is 2.00 bits per heavy atom. The van der Waals surface area contributed by atoms with Crippen LogP contribution in [0.25, 0.3) is 0 Å². The van der Waals surface area contributed by atoms with Gasteiger partial charge in [0.05, 0.1) is 5.41 Å². The Labute approximate surface area is 188 Å². The average Bonchev–Trinajstić information content (AvgIpc) is 2.68. The number of aliphatic carboxylic acids is 1. The van der Waals surface area contributed by atoms with E-state index in [1.54, 1.807) is 41.5 Å². The minimum atomic E-state index is -1.76. The van der Waals surface area contributed by atoms with Crippen LogP contribution in [-0.2, 0) is 30.3 Å². The fourth-order valence-corrected chi connectivity index (χ4v) is 2.73. The summed E-state index contributed by atoms with van der Waals surface area (Å²) in [4.78, 5) is 47.6. The highest BCUT2D eigenvalue weighted by Gasteiger charge is 2.38. The van der Waals surface area contributed by atoms with Crippen LogP contribution >= 0.6 is 0 Å². The largest absolute Gasteiger partial charge is 0.480 e. The number of esters is 3. The van der Waals surface area contributed by atoms with Crippen molar-refractivity contribution < 1.29 is 38.5 Å². The van der Waals surface area contributed by atoms with Gasteiger partial charge in [-0.25, -0.2) is 0 Å². The van der Waals surface area contributed by atoms with Crippen molar-refractivity contribution in [2.75, 3.05) is 0 Å². The Balaban J connectivity index is 3.15. The van der Waals surface area contributed by atoms with E-state index in [9.17, 15) is 24.3 Å². The third kappa shape index (κ3) is 7.96. The SMILES string of the molecule is CCC(=O)Oc1ccc(CC(N)(C[C@H](C)OC(=O)C(C)(C)C)C(=O)O)cc1OC(=O)CC. The molecular weight excluding hydrogens is 418 g/mol. The van der Waals surface area contributed by atoms with Crippen molar-refractivity contribution in [3.8, 4) is 11.5 Å². The smallest absolute Gasteiger partial charge is 0.324 e. The number of rotatable bonds is 10. The highest BCUT2D eigenvalue weighted by Crippen LogP contribution is 2.31. The summed E-state index contributed by atoms with van der Waals surface area (Å²) in [6.45, 7) is 9.90. The van der Waals surface area contributed by atoms with Crippen LogP contribution in [0.1, 0.15) is 66.4 Å². The summed E-state index contributed by atoms with van der Waals surface area (Å²) in [7, 11) is 0. The second kappa shape index (κ2) is 11.1. The molecule has 0 aliphatic rings. The van der Waals surface area contributed by atoms with Crippen molar-refractivity contribution in [1.29, 1.82) is 0 Å². The molecule has 0 aromatic heterocycles. The van der Waals surface area contributed by atoms with Gasteiger partial charge in [0.1, 0.15) is 11.6 Å². The molecule has 0 saturated carbocycles. The summed E-state index contributed by atoms with van der Waals surface area (Å²) in [6, 6.07) is 4.38. The average molecular weight is 452 g/mol. The zero-order chi connectivity index (χ0) is 24.7. The Morgan fingerprint density at radius 2 is 1.53 bits per heavy atom. The van der Waals surface area contributed by atoms with E-state index in [-0.39, 0.29) is 37.2 Å². The molecule has 1 rings (SSSR count). The highest BCUT2D eigenvalue weighted by atomic mass is 16.6. The van der Waals surface area contributed by atoms with E-state index in [0.29, 0.717) is 5.56 Å². The van der Waals surface area contributed by atoms with Gasteiger partial charge in [0.25, 0.3) is 0 Å². The summed E-state index contributed by atoms with van der Waals surface area (Å²) in [5.41, 5.74) is 4.14. The second-order valence-electron chi connectivity index (χ2n) is 8.74. The number of carboxylic acid groups (broad SMARTS) is 1. The number of ether oxygens (including phenoxy) is 3. The fourth-order valence-electron chi connectivity index (χ4n) is 2.73. The highest BCUT2D eigenvalue weighted by molar-refractivity contribution is 5.80. The summed E-state index contributed by atoms with van der Waals surface area (Å²) < 4.78 is 15.8.